The lowest BCUT2D eigenvalue weighted by Gasteiger charge is -2.36. The summed E-state index contributed by atoms with van der Waals surface area (Å²) in [4.78, 5) is 4.25. The zero-order valence-corrected chi connectivity index (χ0v) is 11.6. The molecule has 1 saturated carbocycles. The molecule has 0 spiro atoms. The first-order chi connectivity index (χ1) is 9.69. The highest BCUT2D eigenvalue weighted by Crippen LogP contribution is 2.30. The summed E-state index contributed by atoms with van der Waals surface area (Å²) in [5.74, 6) is -0.929. The predicted octanol–water partition coefficient (Wildman–Crippen LogP) is 1.75. The van der Waals surface area contributed by atoms with Gasteiger partial charge in [0.1, 0.15) is 17.3 Å². The van der Waals surface area contributed by atoms with Gasteiger partial charge >= 0.3 is 0 Å². The van der Waals surface area contributed by atoms with Crippen LogP contribution in [0.2, 0.25) is 0 Å². The largest absolute Gasteiger partial charge is 0.364 e. The summed E-state index contributed by atoms with van der Waals surface area (Å²) >= 11 is 0. The normalized spacial score (nSPS) is 20.4. The SMILES string of the molecule is NCCc1cc(F)c(N2CCN(C3CC3)CC2)c(F)c1. The Hall–Kier alpha value is -1.20. The molecule has 1 aromatic rings. The zero-order chi connectivity index (χ0) is 14.1. The number of rotatable bonds is 4. The fourth-order valence-electron chi connectivity index (χ4n) is 2.98. The van der Waals surface area contributed by atoms with Crippen molar-refractivity contribution in [2.24, 2.45) is 5.73 Å². The standard InChI is InChI=1S/C15H21F2N3/c16-13-9-11(3-4-18)10-14(17)15(13)20-7-5-19(6-8-20)12-1-2-12/h9-10,12H,1-8,18H2. The highest BCUT2D eigenvalue weighted by Gasteiger charge is 2.32. The number of hydrogen-bond acceptors (Lipinski definition) is 3. The summed E-state index contributed by atoms with van der Waals surface area (Å²) < 4.78 is 28.3. The van der Waals surface area contributed by atoms with Gasteiger partial charge in [-0.05, 0) is 43.5 Å². The van der Waals surface area contributed by atoms with E-state index in [2.05, 4.69) is 4.90 Å². The van der Waals surface area contributed by atoms with Crippen molar-refractivity contribution in [3.05, 3.63) is 29.3 Å². The van der Waals surface area contributed by atoms with Gasteiger partial charge in [0.25, 0.3) is 0 Å². The van der Waals surface area contributed by atoms with Gasteiger partial charge in [0.2, 0.25) is 0 Å². The van der Waals surface area contributed by atoms with Gasteiger partial charge in [-0.2, -0.15) is 0 Å². The van der Waals surface area contributed by atoms with E-state index in [0.29, 0.717) is 31.6 Å². The van der Waals surface area contributed by atoms with Gasteiger partial charge in [0, 0.05) is 32.2 Å². The molecule has 2 fully saturated rings. The highest BCUT2D eigenvalue weighted by atomic mass is 19.1. The molecule has 0 aromatic heterocycles. The molecule has 2 N–H and O–H groups in total. The van der Waals surface area contributed by atoms with Crippen molar-refractivity contribution in [3.63, 3.8) is 0 Å². The van der Waals surface area contributed by atoms with Crippen molar-refractivity contribution in [2.75, 3.05) is 37.6 Å². The van der Waals surface area contributed by atoms with E-state index in [1.54, 1.807) is 0 Å². The van der Waals surface area contributed by atoms with E-state index in [1.807, 2.05) is 4.90 Å². The number of piperazine rings is 1. The zero-order valence-electron chi connectivity index (χ0n) is 11.6. The van der Waals surface area contributed by atoms with Gasteiger partial charge in [0.05, 0.1) is 0 Å². The van der Waals surface area contributed by atoms with Crippen LogP contribution in [0, 0.1) is 11.6 Å². The second-order valence-electron chi connectivity index (χ2n) is 5.70. The van der Waals surface area contributed by atoms with Crippen LogP contribution in [0.4, 0.5) is 14.5 Å². The molecule has 1 aromatic carbocycles. The highest BCUT2D eigenvalue weighted by molar-refractivity contribution is 5.51. The molecule has 3 nitrogen and oxygen atoms in total. The molecular weight excluding hydrogens is 260 g/mol. The number of anilines is 1. The van der Waals surface area contributed by atoms with Gasteiger partial charge in [-0.15, -0.1) is 0 Å². The molecule has 0 bridgehead atoms. The maximum Gasteiger partial charge on any atom is 0.149 e. The molecule has 1 aliphatic carbocycles. The van der Waals surface area contributed by atoms with Crippen LogP contribution < -0.4 is 10.6 Å². The third kappa shape index (κ3) is 2.79. The van der Waals surface area contributed by atoms with Gasteiger partial charge in [-0.25, -0.2) is 8.78 Å². The minimum atomic E-state index is -0.465. The van der Waals surface area contributed by atoms with Gasteiger partial charge in [0.15, 0.2) is 0 Å². The quantitative estimate of drug-likeness (QED) is 0.912. The number of benzene rings is 1. The van der Waals surface area contributed by atoms with Crippen molar-refractivity contribution >= 4 is 5.69 Å². The molecule has 0 atom stereocenters. The minimum Gasteiger partial charge on any atom is -0.364 e. The van der Waals surface area contributed by atoms with Crippen LogP contribution >= 0.6 is 0 Å². The van der Waals surface area contributed by atoms with Crippen LogP contribution in [0.5, 0.6) is 0 Å². The Morgan fingerprint density at radius 3 is 2.15 bits per heavy atom. The minimum absolute atomic E-state index is 0.126. The first kappa shape index (κ1) is 13.8. The van der Waals surface area contributed by atoms with E-state index in [4.69, 9.17) is 5.73 Å². The fourth-order valence-corrected chi connectivity index (χ4v) is 2.98. The molecule has 1 aliphatic heterocycles. The lowest BCUT2D eigenvalue weighted by molar-refractivity contribution is 0.247. The third-order valence-corrected chi connectivity index (χ3v) is 4.20. The van der Waals surface area contributed by atoms with Crippen molar-refractivity contribution in [1.29, 1.82) is 0 Å². The molecule has 1 saturated heterocycles. The number of halogens is 2. The molecule has 0 unspecified atom stereocenters. The van der Waals surface area contributed by atoms with Crippen molar-refractivity contribution in [2.45, 2.75) is 25.3 Å². The van der Waals surface area contributed by atoms with E-state index in [9.17, 15) is 8.78 Å². The van der Waals surface area contributed by atoms with Crippen LogP contribution in [0.15, 0.2) is 12.1 Å². The number of nitrogens with zero attached hydrogens (tertiary/aromatic N) is 2. The molecule has 0 amide bonds. The maximum atomic E-state index is 14.2. The average molecular weight is 281 g/mol. The summed E-state index contributed by atoms with van der Waals surface area (Å²) in [5, 5.41) is 0. The van der Waals surface area contributed by atoms with Crippen LogP contribution in [0.1, 0.15) is 18.4 Å². The number of nitrogens with two attached hydrogens (primary N) is 1. The van der Waals surface area contributed by atoms with Gasteiger partial charge < -0.3 is 10.6 Å². The lowest BCUT2D eigenvalue weighted by Crippen LogP contribution is -2.47. The molecular formula is C15H21F2N3. The van der Waals surface area contributed by atoms with Gasteiger partial charge in [-0.3, -0.25) is 4.90 Å². The molecule has 3 rings (SSSR count). The van der Waals surface area contributed by atoms with E-state index >= 15 is 0 Å². The Bertz CT molecular complexity index is 457. The summed E-state index contributed by atoms with van der Waals surface area (Å²) in [6, 6.07) is 3.55. The van der Waals surface area contributed by atoms with E-state index < -0.39 is 11.6 Å². The number of hydrogen-bond donors (Lipinski definition) is 1. The van der Waals surface area contributed by atoms with E-state index in [0.717, 1.165) is 19.1 Å². The second kappa shape index (κ2) is 5.66. The Balaban J connectivity index is 1.73. The molecule has 110 valence electrons. The van der Waals surface area contributed by atoms with Crippen LogP contribution in [-0.2, 0) is 6.42 Å². The molecule has 1 heterocycles. The predicted molar refractivity (Wildman–Crippen MR) is 75.9 cm³/mol. The smallest absolute Gasteiger partial charge is 0.149 e. The second-order valence-corrected chi connectivity index (χ2v) is 5.70. The van der Waals surface area contributed by atoms with E-state index in [1.165, 1.54) is 25.0 Å². The first-order valence-electron chi connectivity index (χ1n) is 7.36. The Morgan fingerprint density at radius 2 is 1.65 bits per heavy atom. The lowest BCUT2D eigenvalue weighted by atomic mass is 10.1. The summed E-state index contributed by atoms with van der Waals surface area (Å²) in [6.07, 6.45) is 3.05. The van der Waals surface area contributed by atoms with Crippen molar-refractivity contribution in [1.82, 2.24) is 4.90 Å². The van der Waals surface area contributed by atoms with Crippen molar-refractivity contribution in [3.8, 4) is 0 Å². The molecule has 0 radical (unpaired) electrons. The monoisotopic (exact) mass is 281 g/mol. The topological polar surface area (TPSA) is 32.5 Å². The fraction of sp³-hybridized carbons (Fsp3) is 0.600. The van der Waals surface area contributed by atoms with Crippen LogP contribution in [0.3, 0.4) is 0 Å². The first-order valence-corrected chi connectivity index (χ1v) is 7.36. The molecule has 2 aliphatic rings. The Kier molecular flexibility index (Phi) is 3.89. The Labute approximate surface area is 118 Å². The van der Waals surface area contributed by atoms with Crippen molar-refractivity contribution < 1.29 is 8.78 Å². The van der Waals surface area contributed by atoms with Crippen LogP contribution in [0.25, 0.3) is 0 Å². The molecule has 20 heavy (non-hydrogen) atoms. The molecule has 5 heteroatoms. The van der Waals surface area contributed by atoms with Gasteiger partial charge in [-0.1, -0.05) is 0 Å². The maximum absolute atomic E-state index is 14.2. The third-order valence-electron chi connectivity index (χ3n) is 4.20. The summed E-state index contributed by atoms with van der Waals surface area (Å²) in [5.41, 5.74) is 6.18. The summed E-state index contributed by atoms with van der Waals surface area (Å²) in [6.45, 7) is 3.58. The average Bonchev–Trinajstić information content (AvgIpc) is 3.23. The summed E-state index contributed by atoms with van der Waals surface area (Å²) in [7, 11) is 0. The Morgan fingerprint density at radius 1 is 1.05 bits per heavy atom. The van der Waals surface area contributed by atoms with Crippen LogP contribution in [-0.4, -0.2) is 43.7 Å². The van der Waals surface area contributed by atoms with E-state index in [-0.39, 0.29) is 5.69 Å².